The zero-order chi connectivity index (χ0) is 25.4. The number of nitrogens with zero attached hydrogens (tertiary/aromatic N) is 4. The van der Waals surface area contributed by atoms with Crippen molar-refractivity contribution in [2.75, 3.05) is 29.3 Å². The van der Waals surface area contributed by atoms with Crippen molar-refractivity contribution in [3.63, 3.8) is 0 Å². The molecule has 9 nitrogen and oxygen atoms in total. The summed E-state index contributed by atoms with van der Waals surface area (Å²) < 4.78 is 29.4. The standard InChI is InChI=1S/C24H22ClN5O4S2/c1-16(29-10-8-17-2-3-18(25)14-21(17)29)23(32)28-11-12-30(22(31)15-28)19-4-6-20(7-5-19)36(33,34)27-24-26-9-13-35-24/h2-10,13-14,16H,11-12,15H2,1H3,(H,26,27)/t16-/m1/s1. The van der Waals surface area contributed by atoms with Crippen LogP contribution in [-0.4, -0.2) is 54.3 Å². The molecule has 0 spiro atoms. The maximum atomic E-state index is 13.2. The number of halogens is 1. The molecular formula is C24H22ClN5O4S2. The summed E-state index contributed by atoms with van der Waals surface area (Å²) in [5, 5.41) is 3.52. The molecule has 1 fully saturated rings. The van der Waals surface area contributed by atoms with Crippen molar-refractivity contribution in [2.45, 2.75) is 17.9 Å². The first-order valence-electron chi connectivity index (χ1n) is 11.1. The molecule has 3 heterocycles. The first-order valence-corrected chi connectivity index (χ1v) is 13.8. The second kappa shape index (κ2) is 9.57. The van der Waals surface area contributed by atoms with E-state index in [9.17, 15) is 18.0 Å². The minimum atomic E-state index is -3.78. The van der Waals surface area contributed by atoms with Gasteiger partial charge in [0, 0.05) is 41.6 Å². The predicted molar refractivity (Wildman–Crippen MR) is 140 cm³/mol. The molecule has 186 valence electrons. The van der Waals surface area contributed by atoms with Gasteiger partial charge in [0.1, 0.15) is 12.6 Å². The Kier molecular flexibility index (Phi) is 6.45. The predicted octanol–water partition coefficient (Wildman–Crippen LogP) is 3.99. The molecule has 2 amide bonds. The minimum Gasteiger partial charge on any atom is -0.335 e. The molecule has 4 aromatic rings. The topological polar surface area (TPSA) is 105 Å². The molecule has 12 heteroatoms. The lowest BCUT2D eigenvalue weighted by molar-refractivity contribution is -0.139. The van der Waals surface area contributed by atoms with E-state index in [2.05, 4.69) is 9.71 Å². The number of aromatic nitrogens is 2. The van der Waals surface area contributed by atoms with Crippen LogP contribution in [0.4, 0.5) is 10.8 Å². The minimum absolute atomic E-state index is 0.0607. The third-order valence-corrected chi connectivity index (χ3v) is 8.51. The van der Waals surface area contributed by atoms with Crippen molar-refractivity contribution in [1.82, 2.24) is 14.5 Å². The Balaban J connectivity index is 1.26. The average Bonchev–Trinajstić information content (AvgIpc) is 3.52. The van der Waals surface area contributed by atoms with Crippen molar-refractivity contribution in [1.29, 1.82) is 0 Å². The van der Waals surface area contributed by atoms with Crippen LogP contribution in [0.1, 0.15) is 13.0 Å². The zero-order valence-electron chi connectivity index (χ0n) is 19.2. The summed E-state index contributed by atoms with van der Waals surface area (Å²) in [5.41, 5.74) is 1.42. The Morgan fingerprint density at radius 3 is 2.61 bits per heavy atom. The first-order chi connectivity index (χ1) is 17.2. The number of thiazole rings is 1. The van der Waals surface area contributed by atoms with Gasteiger partial charge in [-0.15, -0.1) is 11.3 Å². The van der Waals surface area contributed by atoms with Gasteiger partial charge in [-0.05, 0) is 54.8 Å². The summed E-state index contributed by atoms with van der Waals surface area (Å²) in [7, 11) is -3.78. The Hall–Kier alpha value is -3.41. The highest BCUT2D eigenvalue weighted by Crippen LogP contribution is 2.26. The maximum absolute atomic E-state index is 13.2. The number of carbonyl (C=O) groups excluding carboxylic acids is 2. The number of hydrogen-bond acceptors (Lipinski definition) is 6. The number of carbonyl (C=O) groups is 2. The van der Waals surface area contributed by atoms with Crippen LogP contribution in [0.5, 0.6) is 0 Å². The SMILES string of the molecule is C[C@H](C(=O)N1CCN(c2ccc(S(=O)(=O)Nc3nccs3)cc2)C(=O)C1)n1ccc2ccc(Cl)cc21. The molecule has 1 aliphatic heterocycles. The van der Waals surface area contributed by atoms with Gasteiger partial charge in [-0.3, -0.25) is 14.3 Å². The molecule has 1 N–H and O–H groups in total. The van der Waals surface area contributed by atoms with E-state index >= 15 is 0 Å². The summed E-state index contributed by atoms with van der Waals surface area (Å²) in [6.45, 7) is 2.41. The number of fused-ring (bicyclic) bond motifs is 1. The van der Waals surface area contributed by atoms with Gasteiger partial charge in [0.2, 0.25) is 11.8 Å². The van der Waals surface area contributed by atoms with Gasteiger partial charge in [0.25, 0.3) is 10.0 Å². The molecule has 2 aromatic carbocycles. The molecule has 1 aliphatic rings. The summed E-state index contributed by atoms with van der Waals surface area (Å²) in [6.07, 6.45) is 3.36. The van der Waals surface area contributed by atoms with Gasteiger partial charge < -0.3 is 14.4 Å². The van der Waals surface area contributed by atoms with Crippen LogP contribution in [0.15, 0.2) is 71.2 Å². The normalized spacial score (nSPS) is 15.3. The van der Waals surface area contributed by atoms with E-state index in [1.807, 2.05) is 29.0 Å². The molecule has 0 bridgehead atoms. The van der Waals surface area contributed by atoms with Crippen molar-refractivity contribution in [2.24, 2.45) is 0 Å². The van der Waals surface area contributed by atoms with E-state index in [0.717, 1.165) is 10.9 Å². The molecule has 2 aromatic heterocycles. The van der Waals surface area contributed by atoms with E-state index in [1.165, 1.54) is 29.7 Å². The quantitative estimate of drug-likeness (QED) is 0.396. The molecule has 1 atom stereocenters. The van der Waals surface area contributed by atoms with E-state index in [1.54, 1.807) is 40.3 Å². The van der Waals surface area contributed by atoms with Crippen molar-refractivity contribution < 1.29 is 18.0 Å². The maximum Gasteiger partial charge on any atom is 0.263 e. The van der Waals surface area contributed by atoms with Gasteiger partial charge in [0.15, 0.2) is 5.13 Å². The largest absolute Gasteiger partial charge is 0.335 e. The first kappa shape index (κ1) is 24.3. The second-order valence-electron chi connectivity index (χ2n) is 8.34. The van der Waals surface area contributed by atoms with Gasteiger partial charge in [-0.25, -0.2) is 13.4 Å². The number of anilines is 2. The molecule has 5 rings (SSSR count). The lowest BCUT2D eigenvalue weighted by Crippen LogP contribution is -2.53. The van der Waals surface area contributed by atoms with E-state index in [-0.39, 0.29) is 28.4 Å². The van der Waals surface area contributed by atoms with Crippen molar-refractivity contribution in [3.05, 3.63) is 71.3 Å². The summed E-state index contributed by atoms with van der Waals surface area (Å²) in [5.74, 6) is -0.395. The van der Waals surface area contributed by atoms with Crippen molar-refractivity contribution >= 4 is 66.5 Å². The fraction of sp³-hybridized carbons (Fsp3) is 0.208. The van der Waals surface area contributed by atoms with Crippen LogP contribution in [0, 0.1) is 0 Å². The number of hydrogen-bond donors (Lipinski definition) is 1. The van der Waals surface area contributed by atoms with Crippen LogP contribution < -0.4 is 9.62 Å². The van der Waals surface area contributed by atoms with Gasteiger partial charge in [-0.1, -0.05) is 17.7 Å². The highest BCUT2D eigenvalue weighted by molar-refractivity contribution is 7.93. The Morgan fingerprint density at radius 1 is 1.14 bits per heavy atom. The number of amides is 2. The summed E-state index contributed by atoms with van der Waals surface area (Å²) in [4.78, 5) is 33.3. The van der Waals surface area contributed by atoms with E-state index in [4.69, 9.17) is 11.6 Å². The molecule has 1 saturated heterocycles. The highest BCUT2D eigenvalue weighted by Gasteiger charge is 2.31. The number of piperazine rings is 1. The van der Waals surface area contributed by atoms with Gasteiger partial charge >= 0.3 is 0 Å². The van der Waals surface area contributed by atoms with Crippen LogP contribution >= 0.6 is 22.9 Å². The van der Waals surface area contributed by atoms with Crippen LogP contribution in [0.3, 0.4) is 0 Å². The molecule has 0 aliphatic carbocycles. The number of sulfonamides is 1. The Bertz CT molecular complexity index is 1530. The van der Waals surface area contributed by atoms with E-state index in [0.29, 0.717) is 23.8 Å². The zero-order valence-corrected chi connectivity index (χ0v) is 21.6. The smallest absolute Gasteiger partial charge is 0.263 e. The van der Waals surface area contributed by atoms with Crippen molar-refractivity contribution in [3.8, 4) is 0 Å². The average molecular weight is 544 g/mol. The molecular weight excluding hydrogens is 522 g/mol. The van der Waals surface area contributed by atoms with E-state index < -0.39 is 16.1 Å². The van der Waals surface area contributed by atoms with Crippen LogP contribution in [0.2, 0.25) is 5.02 Å². The lowest BCUT2D eigenvalue weighted by Gasteiger charge is -2.35. The lowest BCUT2D eigenvalue weighted by atomic mass is 10.2. The molecule has 36 heavy (non-hydrogen) atoms. The van der Waals surface area contributed by atoms with Crippen LogP contribution in [-0.2, 0) is 19.6 Å². The summed E-state index contributed by atoms with van der Waals surface area (Å²) >= 11 is 7.32. The summed E-state index contributed by atoms with van der Waals surface area (Å²) in [6, 6.07) is 13.0. The number of nitrogens with one attached hydrogen (secondary N) is 1. The fourth-order valence-corrected chi connectivity index (χ4v) is 6.19. The molecule has 0 radical (unpaired) electrons. The third kappa shape index (κ3) is 4.69. The van der Waals surface area contributed by atoms with Gasteiger partial charge in [-0.2, -0.15) is 0 Å². The second-order valence-corrected chi connectivity index (χ2v) is 11.4. The molecule has 0 saturated carbocycles. The third-order valence-electron chi connectivity index (χ3n) is 6.11. The van der Waals surface area contributed by atoms with Gasteiger partial charge in [0.05, 0.1) is 10.4 Å². The Labute approximate surface area is 217 Å². The highest BCUT2D eigenvalue weighted by atomic mass is 35.5. The number of benzene rings is 2. The Morgan fingerprint density at radius 2 is 1.92 bits per heavy atom. The molecule has 0 unspecified atom stereocenters. The number of rotatable bonds is 6. The monoisotopic (exact) mass is 543 g/mol. The van der Waals surface area contributed by atoms with Crippen LogP contribution in [0.25, 0.3) is 10.9 Å². The fourth-order valence-electron chi connectivity index (χ4n) is 4.23.